The van der Waals surface area contributed by atoms with E-state index in [1.165, 1.54) is 16.8 Å². The molecule has 0 amide bonds. The third-order valence-electron chi connectivity index (χ3n) is 3.98. The van der Waals surface area contributed by atoms with Gasteiger partial charge in [-0.3, -0.25) is 0 Å². The second kappa shape index (κ2) is 5.07. The van der Waals surface area contributed by atoms with Crippen molar-refractivity contribution in [3.8, 4) is 22.6 Å². The number of hydrogen-bond acceptors (Lipinski definition) is 3. The minimum absolute atomic E-state index is 0.103. The molecule has 3 aromatic rings. The first-order valence-corrected chi connectivity index (χ1v) is 7.47. The van der Waals surface area contributed by atoms with Crippen LogP contribution in [0.4, 0.5) is 0 Å². The quantitative estimate of drug-likeness (QED) is 0.807. The lowest BCUT2D eigenvalue weighted by atomic mass is 10.0. The Balaban J connectivity index is 1.90. The topological polar surface area (TPSA) is 48.9 Å². The normalized spacial score (nSPS) is 14.5. The number of aromatic nitrogens is 1. The van der Waals surface area contributed by atoms with E-state index in [1.807, 2.05) is 25.1 Å². The molecule has 1 aliphatic heterocycles. The van der Waals surface area contributed by atoms with Crippen LogP contribution in [0.3, 0.4) is 0 Å². The minimum Gasteiger partial charge on any atom is -0.454 e. The summed E-state index contributed by atoms with van der Waals surface area (Å²) in [7, 11) is 0. The summed E-state index contributed by atoms with van der Waals surface area (Å²) in [6.07, 6.45) is 2.91. The maximum absolute atomic E-state index is 6.05. The van der Waals surface area contributed by atoms with Crippen LogP contribution in [-0.2, 0) is 6.42 Å². The fourth-order valence-electron chi connectivity index (χ4n) is 3.01. The van der Waals surface area contributed by atoms with Gasteiger partial charge in [0.15, 0.2) is 11.5 Å². The molecule has 1 aromatic carbocycles. The first kappa shape index (κ1) is 13.2. The first-order chi connectivity index (χ1) is 10.7. The third-order valence-corrected chi connectivity index (χ3v) is 3.98. The maximum atomic E-state index is 6.05. The molecule has 0 spiro atoms. The van der Waals surface area contributed by atoms with Crippen molar-refractivity contribution >= 4 is 5.52 Å². The third kappa shape index (κ3) is 2.12. The highest BCUT2D eigenvalue weighted by Gasteiger charge is 2.18. The molecular weight excluding hydrogens is 276 g/mol. The van der Waals surface area contributed by atoms with Gasteiger partial charge in [0.1, 0.15) is 0 Å². The summed E-state index contributed by atoms with van der Waals surface area (Å²) in [4.78, 5) is 0. The number of benzene rings is 1. The number of fused-ring (bicyclic) bond motifs is 2. The summed E-state index contributed by atoms with van der Waals surface area (Å²) in [5.74, 6) is 1.61. The molecule has 3 heterocycles. The van der Waals surface area contributed by atoms with E-state index >= 15 is 0 Å². The fourth-order valence-corrected chi connectivity index (χ4v) is 3.01. The SMILES string of the molecule is CC(N)Cc1c(-c2ccc3c(c2)OCO3)cc2ccccn12. The molecule has 0 saturated carbocycles. The number of rotatable bonds is 3. The van der Waals surface area contributed by atoms with Gasteiger partial charge in [-0.05, 0) is 42.8 Å². The van der Waals surface area contributed by atoms with E-state index in [4.69, 9.17) is 15.2 Å². The van der Waals surface area contributed by atoms with Gasteiger partial charge in [-0.1, -0.05) is 12.1 Å². The van der Waals surface area contributed by atoms with Crippen LogP contribution in [0.15, 0.2) is 48.7 Å². The molecule has 2 aromatic heterocycles. The summed E-state index contributed by atoms with van der Waals surface area (Å²) in [6.45, 7) is 2.33. The Morgan fingerprint density at radius 3 is 2.86 bits per heavy atom. The molecule has 0 saturated heterocycles. The lowest BCUT2D eigenvalue weighted by Gasteiger charge is -2.10. The van der Waals surface area contributed by atoms with E-state index in [0.717, 1.165) is 23.5 Å². The summed E-state index contributed by atoms with van der Waals surface area (Å²) in [5.41, 5.74) is 10.8. The van der Waals surface area contributed by atoms with Crippen molar-refractivity contribution in [2.75, 3.05) is 6.79 Å². The van der Waals surface area contributed by atoms with Crippen LogP contribution in [0.2, 0.25) is 0 Å². The molecule has 0 aliphatic carbocycles. The van der Waals surface area contributed by atoms with Crippen molar-refractivity contribution in [1.82, 2.24) is 4.40 Å². The van der Waals surface area contributed by atoms with Gasteiger partial charge in [-0.25, -0.2) is 0 Å². The Labute approximate surface area is 129 Å². The average Bonchev–Trinajstić information content (AvgIpc) is 3.11. The van der Waals surface area contributed by atoms with Crippen molar-refractivity contribution in [2.45, 2.75) is 19.4 Å². The van der Waals surface area contributed by atoms with Crippen LogP contribution >= 0.6 is 0 Å². The smallest absolute Gasteiger partial charge is 0.231 e. The number of nitrogens with zero attached hydrogens (tertiary/aromatic N) is 1. The molecule has 1 aliphatic rings. The number of ether oxygens (including phenoxy) is 2. The summed E-state index contributed by atoms with van der Waals surface area (Å²) >= 11 is 0. The zero-order chi connectivity index (χ0) is 15.1. The van der Waals surface area contributed by atoms with Gasteiger partial charge in [0, 0.05) is 35.4 Å². The van der Waals surface area contributed by atoms with E-state index in [2.05, 4.69) is 34.9 Å². The van der Waals surface area contributed by atoms with Gasteiger partial charge < -0.3 is 19.6 Å². The van der Waals surface area contributed by atoms with Gasteiger partial charge in [-0.2, -0.15) is 0 Å². The first-order valence-electron chi connectivity index (χ1n) is 7.47. The van der Waals surface area contributed by atoms with Gasteiger partial charge in [-0.15, -0.1) is 0 Å². The monoisotopic (exact) mass is 294 g/mol. The van der Waals surface area contributed by atoms with Crippen molar-refractivity contribution < 1.29 is 9.47 Å². The van der Waals surface area contributed by atoms with Crippen LogP contribution < -0.4 is 15.2 Å². The van der Waals surface area contributed by atoms with Crippen LogP contribution in [0.5, 0.6) is 11.5 Å². The summed E-state index contributed by atoms with van der Waals surface area (Å²) in [5, 5.41) is 0. The Morgan fingerprint density at radius 2 is 2.00 bits per heavy atom. The molecule has 22 heavy (non-hydrogen) atoms. The van der Waals surface area contributed by atoms with Gasteiger partial charge >= 0.3 is 0 Å². The molecule has 1 unspecified atom stereocenters. The average molecular weight is 294 g/mol. The van der Waals surface area contributed by atoms with Crippen LogP contribution in [0.1, 0.15) is 12.6 Å². The molecule has 2 N–H and O–H groups in total. The molecule has 0 bridgehead atoms. The standard InChI is InChI=1S/C18H18N2O2/c1-12(19)8-16-15(10-14-4-2-3-7-20(14)16)13-5-6-17-18(9-13)22-11-21-17/h2-7,9-10,12H,8,11,19H2,1H3. The lowest BCUT2D eigenvalue weighted by molar-refractivity contribution is 0.174. The summed E-state index contributed by atoms with van der Waals surface area (Å²) in [6, 6.07) is 14.6. The molecule has 4 nitrogen and oxygen atoms in total. The highest BCUT2D eigenvalue weighted by Crippen LogP contribution is 2.38. The zero-order valence-corrected chi connectivity index (χ0v) is 12.5. The Morgan fingerprint density at radius 1 is 1.14 bits per heavy atom. The lowest BCUT2D eigenvalue weighted by Crippen LogP contribution is -2.19. The van der Waals surface area contributed by atoms with Crippen molar-refractivity contribution in [3.63, 3.8) is 0 Å². The molecule has 0 fully saturated rings. The van der Waals surface area contributed by atoms with Crippen molar-refractivity contribution in [1.29, 1.82) is 0 Å². The highest BCUT2D eigenvalue weighted by molar-refractivity contribution is 5.76. The molecule has 1 atom stereocenters. The Hall–Kier alpha value is -2.46. The fraction of sp³-hybridized carbons (Fsp3) is 0.222. The molecular formula is C18H18N2O2. The molecule has 112 valence electrons. The summed E-state index contributed by atoms with van der Waals surface area (Å²) < 4.78 is 13.1. The van der Waals surface area contributed by atoms with Gasteiger partial charge in [0.05, 0.1) is 0 Å². The van der Waals surface area contributed by atoms with Gasteiger partial charge in [0.25, 0.3) is 0 Å². The molecule has 4 rings (SSSR count). The Kier molecular flexibility index (Phi) is 3.05. The highest BCUT2D eigenvalue weighted by atomic mass is 16.7. The second-order valence-corrected chi connectivity index (χ2v) is 5.75. The van der Waals surface area contributed by atoms with Crippen LogP contribution in [-0.4, -0.2) is 17.2 Å². The number of pyridine rings is 1. The predicted octanol–water partition coefficient (Wildman–Crippen LogP) is 3.22. The zero-order valence-electron chi connectivity index (χ0n) is 12.5. The van der Waals surface area contributed by atoms with E-state index in [0.29, 0.717) is 6.79 Å². The Bertz CT molecular complexity index is 836. The van der Waals surface area contributed by atoms with E-state index in [1.54, 1.807) is 0 Å². The molecule has 0 radical (unpaired) electrons. The molecule has 4 heteroatoms. The largest absolute Gasteiger partial charge is 0.454 e. The van der Waals surface area contributed by atoms with Crippen molar-refractivity contribution in [3.05, 3.63) is 54.4 Å². The minimum atomic E-state index is 0.103. The van der Waals surface area contributed by atoms with E-state index in [9.17, 15) is 0 Å². The van der Waals surface area contributed by atoms with Crippen LogP contribution in [0, 0.1) is 0 Å². The number of hydrogen-bond donors (Lipinski definition) is 1. The van der Waals surface area contributed by atoms with E-state index < -0.39 is 0 Å². The predicted molar refractivity (Wildman–Crippen MR) is 86.3 cm³/mol. The maximum Gasteiger partial charge on any atom is 0.231 e. The van der Waals surface area contributed by atoms with Crippen LogP contribution in [0.25, 0.3) is 16.6 Å². The second-order valence-electron chi connectivity index (χ2n) is 5.75. The van der Waals surface area contributed by atoms with Gasteiger partial charge in [0.2, 0.25) is 6.79 Å². The van der Waals surface area contributed by atoms with Crippen molar-refractivity contribution in [2.24, 2.45) is 5.73 Å². The number of nitrogens with two attached hydrogens (primary N) is 1. The van der Waals surface area contributed by atoms with E-state index in [-0.39, 0.29) is 6.04 Å².